The van der Waals surface area contributed by atoms with Gasteiger partial charge in [0.2, 0.25) is 5.95 Å². The predicted molar refractivity (Wildman–Crippen MR) is 255 cm³/mol. The monoisotopic (exact) mass is 797 g/mol. The SMILES string of the molecule is C1=CCC(c2nc(-n3c4ccc(-c5cccc6c7ccccc7n(-c7ccncc7)c56)cc4c4c5ccccc5ccc43)nc3ccc4cc(-c5ccccc5)sc4c23)C=C1. The Balaban J connectivity index is 1.09. The van der Waals surface area contributed by atoms with E-state index >= 15 is 0 Å². The van der Waals surface area contributed by atoms with Crippen LogP contribution in [0.2, 0.25) is 0 Å². The van der Waals surface area contributed by atoms with Crippen LogP contribution in [0.1, 0.15) is 18.0 Å². The third-order valence-electron chi connectivity index (χ3n) is 12.5. The maximum absolute atomic E-state index is 5.64. The molecule has 0 saturated carbocycles. The van der Waals surface area contributed by atoms with Gasteiger partial charge in [0.05, 0.1) is 33.3 Å². The van der Waals surface area contributed by atoms with Crippen molar-refractivity contribution in [1.82, 2.24) is 24.1 Å². The lowest BCUT2D eigenvalue weighted by Crippen LogP contribution is -2.08. The van der Waals surface area contributed by atoms with Crippen molar-refractivity contribution in [3.05, 3.63) is 200 Å². The number of rotatable bonds is 5. The highest BCUT2D eigenvalue weighted by molar-refractivity contribution is 7.23. The lowest BCUT2D eigenvalue weighted by Gasteiger charge is -2.18. The Morgan fingerprint density at radius 2 is 1.33 bits per heavy atom. The van der Waals surface area contributed by atoms with Crippen LogP contribution in [0, 0.1) is 0 Å². The Morgan fingerprint density at radius 1 is 0.541 bits per heavy atom. The molecule has 5 aromatic heterocycles. The summed E-state index contributed by atoms with van der Waals surface area (Å²) >= 11 is 1.84. The highest BCUT2D eigenvalue weighted by Crippen LogP contribution is 2.44. The van der Waals surface area contributed by atoms with Crippen LogP contribution in [0.15, 0.2) is 194 Å². The van der Waals surface area contributed by atoms with E-state index in [1.165, 1.54) is 69.4 Å². The first-order chi connectivity index (χ1) is 30.3. The zero-order chi connectivity index (χ0) is 40.0. The van der Waals surface area contributed by atoms with Gasteiger partial charge in [0.1, 0.15) is 0 Å². The lowest BCUT2D eigenvalue weighted by atomic mass is 9.94. The summed E-state index contributed by atoms with van der Waals surface area (Å²) in [6, 6.07) is 57.1. The minimum atomic E-state index is 0.121. The third kappa shape index (κ3) is 5.22. The molecule has 0 aliphatic heterocycles. The maximum Gasteiger partial charge on any atom is 0.235 e. The summed E-state index contributed by atoms with van der Waals surface area (Å²) < 4.78 is 5.92. The highest BCUT2D eigenvalue weighted by atomic mass is 32.1. The number of hydrogen-bond donors (Lipinski definition) is 0. The molecular formula is C55H35N5S. The number of aromatic nitrogens is 5. The highest BCUT2D eigenvalue weighted by Gasteiger charge is 2.24. The van der Waals surface area contributed by atoms with Crippen molar-refractivity contribution >= 4 is 86.7 Å². The van der Waals surface area contributed by atoms with Crippen molar-refractivity contribution in [1.29, 1.82) is 0 Å². The van der Waals surface area contributed by atoms with Gasteiger partial charge in [-0.05, 0) is 82.2 Å². The molecule has 12 aromatic rings. The lowest BCUT2D eigenvalue weighted by molar-refractivity contribution is 0.811. The molecule has 1 aliphatic carbocycles. The molecule has 5 nitrogen and oxygen atoms in total. The van der Waals surface area contributed by atoms with Crippen molar-refractivity contribution in [2.75, 3.05) is 0 Å². The molecule has 0 spiro atoms. The van der Waals surface area contributed by atoms with Gasteiger partial charge in [-0.15, -0.1) is 11.3 Å². The van der Waals surface area contributed by atoms with Gasteiger partial charge in [0.25, 0.3) is 0 Å². The molecule has 0 bridgehead atoms. The topological polar surface area (TPSA) is 48.5 Å². The quantitative estimate of drug-likeness (QED) is 0.174. The van der Waals surface area contributed by atoms with Gasteiger partial charge in [-0.2, -0.15) is 0 Å². The molecule has 7 aromatic carbocycles. The fourth-order valence-corrected chi connectivity index (χ4v) is 11.0. The molecule has 0 fully saturated rings. The number of para-hydroxylation sites is 2. The number of thiophene rings is 1. The van der Waals surface area contributed by atoms with E-state index in [0.717, 1.165) is 45.3 Å². The Bertz CT molecular complexity index is 3800. The van der Waals surface area contributed by atoms with E-state index in [2.05, 4.69) is 196 Å². The summed E-state index contributed by atoms with van der Waals surface area (Å²) in [6.45, 7) is 0. The van der Waals surface area contributed by atoms with E-state index < -0.39 is 0 Å². The third-order valence-corrected chi connectivity index (χ3v) is 13.8. The van der Waals surface area contributed by atoms with Crippen LogP contribution >= 0.6 is 11.3 Å². The van der Waals surface area contributed by atoms with Gasteiger partial charge in [0.15, 0.2) is 0 Å². The first-order valence-corrected chi connectivity index (χ1v) is 21.6. The molecular weight excluding hydrogens is 763 g/mol. The predicted octanol–water partition coefficient (Wildman–Crippen LogP) is 14.5. The van der Waals surface area contributed by atoms with Gasteiger partial charge in [0, 0.05) is 66.1 Å². The van der Waals surface area contributed by atoms with Crippen LogP contribution in [0.4, 0.5) is 0 Å². The van der Waals surface area contributed by atoms with Crippen molar-refractivity contribution in [3.8, 4) is 33.2 Å². The van der Waals surface area contributed by atoms with Crippen LogP contribution in [0.5, 0.6) is 0 Å². The number of pyridine rings is 1. The van der Waals surface area contributed by atoms with Crippen molar-refractivity contribution < 1.29 is 0 Å². The molecule has 286 valence electrons. The molecule has 0 radical (unpaired) electrons. The van der Waals surface area contributed by atoms with Crippen LogP contribution < -0.4 is 0 Å². The van der Waals surface area contributed by atoms with E-state index in [1.807, 2.05) is 23.7 Å². The zero-order valence-electron chi connectivity index (χ0n) is 32.9. The Hall–Kier alpha value is -7.67. The minimum absolute atomic E-state index is 0.121. The summed E-state index contributed by atoms with van der Waals surface area (Å²) in [5, 5.41) is 9.58. The standard InChI is InChI=1S/C55H35N5S/c1-3-13-35(14-4-1)49-33-38-22-25-45-51(54(38)61-49)52(36-15-5-2-6-16-36)58-55(57-45)60-47-26-24-37(32-44(47)50-40-17-8-7-12-34(40)23-27-48(50)60)41-19-11-20-43-42-18-9-10-21-46(42)59(53(41)43)39-28-30-56-31-29-39/h1-15,17-33,36H,16H2. The molecule has 61 heavy (non-hydrogen) atoms. The molecule has 13 rings (SSSR count). The second-order valence-corrected chi connectivity index (χ2v) is 17.0. The maximum atomic E-state index is 5.64. The summed E-state index contributed by atoms with van der Waals surface area (Å²) in [6.07, 6.45) is 13.5. The summed E-state index contributed by atoms with van der Waals surface area (Å²) in [4.78, 5) is 16.7. The average molecular weight is 798 g/mol. The smallest absolute Gasteiger partial charge is 0.235 e. The second-order valence-electron chi connectivity index (χ2n) is 15.9. The fraction of sp³-hybridized carbons (Fsp3) is 0.0364. The molecule has 0 amide bonds. The van der Waals surface area contributed by atoms with Crippen LogP contribution in [-0.2, 0) is 0 Å². The molecule has 1 unspecified atom stereocenters. The summed E-state index contributed by atoms with van der Waals surface area (Å²) in [7, 11) is 0. The van der Waals surface area contributed by atoms with Crippen LogP contribution in [0.25, 0.3) is 109 Å². The molecule has 1 atom stereocenters. The van der Waals surface area contributed by atoms with Crippen molar-refractivity contribution in [3.63, 3.8) is 0 Å². The normalized spacial score (nSPS) is 14.2. The molecule has 6 heteroatoms. The van der Waals surface area contributed by atoms with E-state index in [9.17, 15) is 0 Å². The van der Waals surface area contributed by atoms with E-state index in [0.29, 0.717) is 5.95 Å². The molecule has 1 aliphatic rings. The average Bonchev–Trinajstić information content (AvgIpc) is 4.03. The molecule has 5 heterocycles. The largest absolute Gasteiger partial charge is 0.309 e. The first kappa shape index (κ1) is 34.2. The van der Waals surface area contributed by atoms with E-state index in [-0.39, 0.29) is 5.92 Å². The summed E-state index contributed by atoms with van der Waals surface area (Å²) in [5.74, 6) is 0.808. The number of benzene rings is 7. The number of fused-ring (bicyclic) bond motifs is 11. The van der Waals surface area contributed by atoms with Gasteiger partial charge in [-0.25, -0.2) is 9.97 Å². The second kappa shape index (κ2) is 13.4. The van der Waals surface area contributed by atoms with Crippen LogP contribution in [0.3, 0.4) is 0 Å². The number of nitrogens with zero attached hydrogens (tertiary/aromatic N) is 5. The Kier molecular flexibility index (Phi) is 7.53. The van der Waals surface area contributed by atoms with Gasteiger partial charge < -0.3 is 4.57 Å². The number of hydrogen-bond acceptors (Lipinski definition) is 4. The Morgan fingerprint density at radius 3 is 2.21 bits per heavy atom. The van der Waals surface area contributed by atoms with Crippen molar-refractivity contribution in [2.45, 2.75) is 12.3 Å². The minimum Gasteiger partial charge on any atom is -0.309 e. The van der Waals surface area contributed by atoms with Crippen molar-refractivity contribution in [2.24, 2.45) is 0 Å². The Labute approximate surface area is 354 Å². The zero-order valence-corrected chi connectivity index (χ0v) is 33.7. The molecule has 0 saturated heterocycles. The van der Waals surface area contributed by atoms with E-state index in [4.69, 9.17) is 9.97 Å². The number of allylic oxidation sites excluding steroid dienone is 4. The van der Waals surface area contributed by atoms with Gasteiger partial charge >= 0.3 is 0 Å². The fourth-order valence-electron chi connectivity index (χ4n) is 9.81. The summed E-state index contributed by atoms with van der Waals surface area (Å²) in [5.41, 5.74) is 11.2. The van der Waals surface area contributed by atoms with Gasteiger partial charge in [-0.3, -0.25) is 9.55 Å². The van der Waals surface area contributed by atoms with E-state index in [1.54, 1.807) is 0 Å². The first-order valence-electron chi connectivity index (χ1n) is 20.8. The molecule has 0 N–H and O–H groups in total. The van der Waals surface area contributed by atoms with Gasteiger partial charge in [-0.1, -0.05) is 133 Å². The van der Waals surface area contributed by atoms with Crippen LogP contribution in [-0.4, -0.2) is 24.1 Å².